The van der Waals surface area contributed by atoms with Crippen molar-refractivity contribution in [2.24, 2.45) is 0 Å². The Kier molecular flexibility index (Phi) is 3.00. The van der Waals surface area contributed by atoms with Crippen LogP contribution in [0.25, 0.3) is 16.7 Å². The maximum absolute atomic E-state index is 4.68. The number of aromatic nitrogens is 4. The summed E-state index contributed by atoms with van der Waals surface area (Å²) in [6, 6.07) is 14.5. The molecule has 22 heavy (non-hydrogen) atoms. The van der Waals surface area contributed by atoms with E-state index >= 15 is 0 Å². The van der Waals surface area contributed by atoms with Crippen LogP contribution in [-0.4, -0.2) is 19.7 Å². The Hall–Kier alpha value is -2.88. The standard InChI is InChI=1S/C18H16N4/c1-13-15(11-14-5-3-2-4-6-14)12-22(21-13)17-8-10-20-18-16(17)7-9-19-18/h2-10,12H,11H2,1H3,(H,19,20). The van der Waals surface area contributed by atoms with Crippen LogP contribution >= 0.6 is 0 Å². The molecule has 0 amide bonds. The van der Waals surface area contributed by atoms with Crippen molar-refractivity contribution in [1.29, 1.82) is 0 Å². The molecule has 4 heteroatoms. The van der Waals surface area contributed by atoms with E-state index in [1.165, 1.54) is 11.1 Å². The van der Waals surface area contributed by atoms with Crippen LogP contribution in [0.4, 0.5) is 0 Å². The van der Waals surface area contributed by atoms with Gasteiger partial charge in [-0.2, -0.15) is 5.10 Å². The van der Waals surface area contributed by atoms with Crippen LogP contribution in [0.1, 0.15) is 16.8 Å². The van der Waals surface area contributed by atoms with E-state index in [0.717, 1.165) is 28.8 Å². The molecule has 0 saturated heterocycles. The van der Waals surface area contributed by atoms with E-state index in [1.54, 1.807) is 0 Å². The molecule has 0 radical (unpaired) electrons. The van der Waals surface area contributed by atoms with E-state index in [2.05, 4.69) is 52.5 Å². The second-order valence-electron chi connectivity index (χ2n) is 5.42. The van der Waals surface area contributed by atoms with Crippen LogP contribution in [0, 0.1) is 6.92 Å². The van der Waals surface area contributed by atoms with Crippen LogP contribution in [-0.2, 0) is 6.42 Å². The highest BCUT2D eigenvalue weighted by molar-refractivity contribution is 5.84. The summed E-state index contributed by atoms with van der Waals surface area (Å²) in [7, 11) is 0. The van der Waals surface area contributed by atoms with Crippen molar-refractivity contribution >= 4 is 11.0 Å². The number of rotatable bonds is 3. The average molecular weight is 288 g/mol. The molecule has 4 rings (SSSR count). The Bertz CT molecular complexity index is 919. The number of nitrogens with zero attached hydrogens (tertiary/aromatic N) is 3. The highest BCUT2D eigenvalue weighted by Gasteiger charge is 2.10. The third kappa shape index (κ3) is 2.19. The normalized spacial score (nSPS) is 11.1. The zero-order valence-electron chi connectivity index (χ0n) is 12.3. The number of nitrogens with one attached hydrogen (secondary N) is 1. The summed E-state index contributed by atoms with van der Waals surface area (Å²) in [5, 5.41) is 5.76. The summed E-state index contributed by atoms with van der Waals surface area (Å²) < 4.78 is 1.95. The van der Waals surface area contributed by atoms with Gasteiger partial charge in [0.1, 0.15) is 5.65 Å². The molecule has 4 aromatic rings. The van der Waals surface area contributed by atoms with Crippen LogP contribution in [0.5, 0.6) is 0 Å². The van der Waals surface area contributed by atoms with Gasteiger partial charge in [0.2, 0.25) is 0 Å². The lowest BCUT2D eigenvalue weighted by molar-refractivity contribution is 0.868. The van der Waals surface area contributed by atoms with Crippen molar-refractivity contribution in [3.8, 4) is 5.69 Å². The first-order valence-corrected chi connectivity index (χ1v) is 7.33. The monoisotopic (exact) mass is 288 g/mol. The lowest BCUT2D eigenvalue weighted by Crippen LogP contribution is -1.96. The van der Waals surface area contributed by atoms with E-state index in [4.69, 9.17) is 0 Å². The summed E-state index contributed by atoms with van der Waals surface area (Å²) in [4.78, 5) is 7.47. The number of aryl methyl sites for hydroxylation is 1. The SMILES string of the molecule is Cc1nn(-c2ccnc3[nH]ccc23)cc1Cc1ccccc1. The van der Waals surface area contributed by atoms with Gasteiger partial charge in [-0.25, -0.2) is 9.67 Å². The molecule has 0 fully saturated rings. The van der Waals surface area contributed by atoms with Crippen LogP contribution < -0.4 is 0 Å². The smallest absolute Gasteiger partial charge is 0.139 e. The average Bonchev–Trinajstić information content (AvgIpc) is 3.15. The minimum Gasteiger partial charge on any atom is -0.346 e. The van der Waals surface area contributed by atoms with Crippen molar-refractivity contribution < 1.29 is 0 Å². The molecule has 1 aromatic carbocycles. The summed E-state index contributed by atoms with van der Waals surface area (Å²) in [6.07, 6.45) is 6.72. The number of hydrogen-bond acceptors (Lipinski definition) is 2. The molecular weight excluding hydrogens is 272 g/mol. The Labute approximate surface area is 128 Å². The fourth-order valence-electron chi connectivity index (χ4n) is 2.75. The lowest BCUT2D eigenvalue weighted by Gasteiger charge is -2.02. The summed E-state index contributed by atoms with van der Waals surface area (Å²) >= 11 is 0. The third-order valence-electron chi connectivity index (χ3n) is 3.92. The Morgan fingerprint density at radius 2 is 1.95 bits per heavy atom. The fourth-order valence-corrected chi connectivity index (χ4v) is 2.75. The second kappa shape index (κ2) is 5.15. The number of H-pyrrole nitrogens is 1. The molecule has 0 aliphatic heterocycles. The lowest BCUT2D eigenvalue weighted by atomic mass is 10.1. The van der Waals surface area contributed by atoms with Crippen LogP contribution in [0.15, 0.2) is 61.1 Å². The third-order valence-corrected chi connectivity index (χ3v) is 3.92. The van der Waals surface area contributed by atoms with E-state index in [1.807, 2.05) is 35.3 Å². The highest BCUT2D eigenvalue weighted by Crippen LogP contribution is 2.21. The summed E-state index contributed by atoms with van der Waals surface area (Å²) in [5.74, 6) is 0. The van der Waals surface area contributed by atoms with Crippen molar-refractivity contribution in [3.63, 3.8) is 0 Å². The molecule has 0 unspecified atom stereocenters. The molecule has 0 aliphatic rings. The van der Waals surface area contributed by atoms with Gasteiger partial charge < -0.3 is 4.98 Å². The predicted octanol–water partition coefficient (Wildman–Crippen LogP) is 3.65. The molecule has 0 spiro atoms. The van der Waals surface area contributed by atoms with Gasteiger partial charge in [-0.3, -0.25) is 0 Å². The van der Waals surface area contributed by atoms with E-state index < -0.39 is 0 Å². The van der Waals surface area contributed by atoms with Crippen molar-refractivity contribution in [1.82, 2.24) is 19.7 Å². The maximum Gasteiger partial charge on any atom is 0.139 e. The molecular formula is C18H16N4. The van der Waals surface area contributed by atoms with Gasteiger partial charge in [0.15, 0.2) is 0 Å². The topological polar surface area (TPSA) is 46.5 Å². The summed E-state index contributed by atoms with van der Waals surface area (Å²) in [5.41, 5.74) is 5.53. The molecule has 0 aliphatic carbocycles. The Morgan fingerprint density at radius 3 is 2.82 bits per heavy atom. The largest absolute Gasteiger partial charge is 0.346 e. The zero-order chi connectivity index (χ0) is 14.9. The van der Waals surface area contributed by atoms with Crippen molar-refractivity contribution in [3.05, 3.63) is 77.9 Å². The fraction of sp³-hybridized carbons (Fsp3) is 0.111. The Balaban J connectivity index is 1.75. The van der Waals surface area contributed by atoms with Gasteiger partial charge in [0, 0.05) is 30.4 Å². The molecule has 3 aromatic heterocycles. The number of fused-ring (bicyclic) bond motifs is 1. The molecule has 0 saturated carbocycles. The first-order valence-electron chi connectivity index (χ1n) is 7.33. The first kappa shape index (κ1) is 12.8. The number of aromatic amines is 1. The zero-order valence-corrected chi connectivity index (χ0v) is 12.3. The van der Waals surface area contributed by atoms with E-state index in [9.17, 15) is 0 Å². The quantitative estimate of drug-likeness (QED) is 0.625. The molecule has 3 heterocycles. The minimum atomic E-state index is 0.885. The molecule has 4 nitrogen and oxygen atoms in total. The Morgan fingerprint density at radius 1 is 1.09 bits per heavy atom. The van der Waals surface area contributed by atoms with Gasteiger partial charge in [-0.15, -0.1) is 0 Å². The highest BCUT2D eigenvalue weighted by atomic mass is 15.3. The first-order chi connectivity index (χ1) is 10.8. The maximum atomic E-state index is 4.68. The minimum absolute atomic E-state index is 0.885. The predicted molar refractivity (Wildman–Crippen MR) is 87.2 cm³/mol. The number of hydrogen-bond donors (Lipinski definition) is 1. The van der Waals surface area contributed by atoms with Crippen molar-refractivity contribution in [2.75, 3.05) is 0 Å². The van der Waals surface area contributed by atoms with E-state index in [-0.39, 0.29) is 0 Å². The van der Waals surface area contributed by atoms with Gasteiger partial charge in [-0.1, -0.05) is 30.3 Å². The van der Waals surface area contributed by atoms with Gasteiger partial charge in [-0.05, 0) is 30.2 Å². The summed E-state index contributed by atoms with van der Waals surface area (Å²) in [6.45, 7) is 2.06. The number of pyridine rings is 1. The molecule has 0 atom stereocenters. The van der Waals surface area contributed by atoms with Crippen LogP contribution in [0.2, 0.25) is 0 Å². The molecule has 0 bridgehead atoms. The van der Waals surface area contributed by atoms with Crippen molar-refractivity contribution in [2.45, 2.75) is 13.3 Å². The van der Waals surface area contributed by atoms with Crippen LogP contribution in [0.3, 0.4) is 0 Å². The van der Waals surface area contributed by atoms with Gasteiger partial charge in [0.05, 0.1) is 11.4 Å². The van der Waals surface area contributed by atoms with E-state index in [0.29, 0.717) is 0 Å². The molecule has 108 valence electrons. The van der Waals surface area contributed by atoms with Gasteiger partial charge >= 0.3 is 0 Å². The molecule has 1 N–H and O–H groups in total. The second-order valence-corrected chi connectivity index (χ2v) is 5.42. The number of benzene rings is 1. The van der Waals surface area contributed by atoms with Gasteiger partial charge in [0.25, 0.3) is 0 Å².